The van der Waals surface area contributed by atoms with Gasteiger partial charge in [-0.15, -0.1) is 32.9 Å². The van der Waals surface area contributed by atoms with Crippen LogP contribution in [0.5, 0.6) is 0 Å². The number of fused-ring (bicyclic) bond motifs is 1. The number of hydrogen-bond donors (Lipinski definition) is 0. The highest BCUT2D eigenvalue weighted by Gasteiger charge is 2.31. The molecule has 1 aromatic carbocycles. The molecule has 4 aromatic rings. The molecule has 1 atom stereocenters. The van der Waals surface area contributed by atoms with E-state index in [1.54, 1.807) is 11.3 Å². The molecule has 136 valence electrons. The van der Waals surface area contributed by atoms with E-state index in [2.05, 4.69) is 44.1 Å². The third-order valence-corrected chi connectivity index (χ3v) is 7.04. The van der Waals surface area contributed by atoms with Crippen molar-refractivity contribution in [3.63, 3.8) is 0 Å². The maximum atomic E-state index is 6.26. The summed E-state index contributed by atoms with van der Waals surface area (Å²) >= 11 is 9.90. The molecular formula is C20H16ClN3OS2. The number of hydrogen-bond acceptors (Lipinski definition) is 6. The highest BCUT2D eigenvalue weighted by molar-refractivity contribution is 7.10. The molecule has 0 saturated heterocycles. The third kappa shape index (κ3) is 3.23. The molecule has 1 aliphatic heterocycles. The molecule has 4 nitrogen and oxygen atoms in total. The van der Waals surface area contributed by atoms with Crippen LogP contribution in [0.15, 0.2) is 57.6 Å². The van der Waals surface area contributed by atoms with E-state index in [1.807, 2.05) is 35.6 Å². The Morgan fingerprint density at radius 3 is 2.85 bits per heavy atom. The van der Waals surface area contributed by atoms with Gasteiger partial charge in [-0.2, -0.15) is 0 Å². The second-order valence-corrected chi connectivity index (χ2v) is 8.81. The molecule has 0 radical (unpaired) electrons. The van der Waals surface area contributed by atoms with E-state index in [9.17, 15) is 0 Å². The lowest BCUT2D eigenvalue weighted by Gasteiger charge is -2.34. The lowest BCUT2D eigenvalue weighted by Crippen LogP contribution is -2.34. The standard InChI is InChI=1S/C20H16ClN3OS2/c21-15-5-2-1-4-13(15)20-23-22-18(25-20)12-24-9-7-16-14(8-11-27-16)19(24)17-6-3-10-26-17/h1-6,8,10-11,19H,7,9,12H2. The number of aromatic nitrogens is 2. The van der Waals surface area contributed by atoms with Gasteiger partial charge >= 0.3 is 0 Å². The molecule has 0 spiro atoms. The first-order valence-electron chi connectivity index (χ1n) is 8.70. The monoisotopic (exact) mass is 413 g/mol. The summed E-state index contributed by atoms with van der Waals surface area (Å²) in [5.74, 6) is 1.08. The van der Waals surface area contributed by atoms with Gasteiger partial charge in [0.25, 0.3) is 0 Å². The minimum atomic E-state index is 0.246. The van der Waals surface area contributed by atoms with Crippen LogP contribution in [0.1, 0.15) is 27.3 Å². The van der Waals surface area contributed by atoms with Crippen LogP contribution < -0.4 is 0 Å². The van der Waals surface area contributed by atoms with Gasteiger partial charge in [0.2, 0.25) is 11.8 Å². The van der Waals surface area contributed by atoms with Crippen molar-refractivity contribution >= 4 is 34.3 Å². The lowest BCUT2D eigenvalue weighted by molar-refractivity contribution is 0.189. The van der Waals surface area contributed by atoms with Crippen molar-refractivity contribution in [2.75, 3.05) is 6.54 Å². The van der Waals surface area contributed by atoms with Crippen LogP contribution in [0.4, 0.5) is 0 Å². The molecule has 1 unspecified atom stereocenters. The summed E-state index contributed by atoms with van der Waals surface area (Å²) in [7, 11) is 0. The fourth-order valence-corrected chi connectivity index (χ4v) is 5.55. The zero-order valence-corrected chi connectivity index (χ0v) is 16.7. The van der Waals surface area contributed by atoms with Crippen LogP contribution in [0.2, 0.25) is 5.02 Å². The number of nitrogens with zero attached hydrogens (tertiary/aromatic N) is 3. The average Bonchev–Trinajstić information content (AvgIpc) is 3.44. The number of halogens is 1. The SMILES string of the molecule is Clc1ccccc1-c1nnc(CN2CCc3sccc3C2c2cccs2)o1. The fraction of sp³-hybridized carbons (Fsp3) is 0.200. The zero-order valence-electron chi connectivity index (χ0n) is 14.3. The molecule has 0 N–H and O–H groups in total. The van der Waals surface area contributed by atoms with Crippen LogP contribution in [0.3, 0.4) is 0 Å². The average molecular weight is 414 g/mol. The maximum Gasteiger partial charge on any atom is 0.249 e. The van der Waals surface area contributed by atoms with Crippen LogP contribution >= 0.6 is 34.3 Å². The van der Waals surface area contributed by atoms with Crippen LogP contribution in [-0.2, 0) is 13.0 Å². The predicted molar refractivity (Wildman–Crippen MR) is 109 cm³/mol. The fourth-order valence-electron chi connectivity index (χ4n) is 3.55. The Hall–Kier alpha value is -1.99. The molecule has 0 saturated carbocycles. The van der Waals surface area contributed by atoms with Gasteiger partial charge in [-0.25, -0.2) is 0 Å². The second kappa shape index (κ2) is 7.20. The molecular weight excluding hydrogens is 398 g/mol. The summed E-state index contributed by atoms with van der Waals surface area (Å²) in [5, 5.41) is 13.4. The van der Waals surface area contributed by atoms with Gasteiger partial charge in [-0.05, 0) is 47.0 Å². The Balaban J connectivity index is 1.44. The van der Waals surface area contributed by atoms with Gasteiger partial charge in [0.05, 0.1) is 23.2 Å². The van der Waals surface area contributed by atoms with Crippen molar-refractivity contribution in [3.05, 3.63) is 79.5 Å². The first kappa shape index (κ1) is 17.1. The molecule has 1 aliphatic rings. The number of thiophene rings is 2. The molecule has 0 amide bonds. The van der Waals surface area contributed by atoms with Gasteiger partial charge in [0.1, 0.15) is 0 Å². The van der Waals surface area contributed by atoms with Gasteiger partial charge in [-0.3, -0.25) is 4.90 Å². The Morgan fingerprint density at radius 1 is 1.07 bits per heavy atom. The molecule has 7 heteroatoms. The number of benzene rings is 1. The van der Waals surface area contributed by atoms with Crippen molar-refractivity contribution in [2.24, 2.45) is 0 Å². The van der Waals surface area contributed by atoms with Crippen molar-refractivity contribution in [1.82, 2.24) is 15.1 Å². The summed E-state index contributed by atoms with van der Waals surface area (Å²) in [6, 6.07) is 14.3. The first-order chi connectivity index (χ1) is 13.3. The van der Waals surface area contributed by atoms with E-state index in [0.717, 1.165) is 18.5 Å². The van der Waals surface area contributed by atoms with Crippen molar-refractivity contribution in [3.8, 4) is 11.5 Å². The van der Waals surface area contributed by atoms with Crippen molar-refractivity contribution in [1.29, 1.82) is 0 Å². The Morgan fingerprint density at radius 2 is 2.00 bits per heavy atom. The molecule has 27 heavy (non-hydrogen) atoms. The highest BCUT2D eigenvalue weighted by Crippen LogP contribution is 2.40. The Kier molecular flexibility index (Phi) is 4.57. The molecule has 0 bridgehead atoms. The topological polar surface area (TPSA) is 42.2 Å². The third-order valence-electron chi connectivity index (χ3n) is 4.79. The van der Waals surface area contributed by atoms with E-state index < -0.39 is 0 Å². The first-order valence-corrected chi connectivity index (χ1v) is 10.8. The highest BCUT2D eigenvalue weighted by atomic mass is 35.5. The van der Waals surface area contributed by atoms with Crippen molar-refractivity contribution in [2.45, 2.75) is 19.0 Å². The zero-order chi connectivity index (χ0) is 18.2. The molecule has 3 aromatic heterocycles. The van der Waals surface area contributed by atoms with Crippen LogP contribution in [-0.4, -0.2) is 21.6 Å². The normalized spacial score (nSPS) is 17.1. The summed E-state index contributed by atoms with van der Waals surface area (Å²) in [4.78, 5) is 5.25. The summed E-state index contributed by atoms with van der Waals surface area (Å²) in [6.45, 7) is 1.59. The summed E-state index contributed by atoms with van der Waals surface area (Å²) < 4.78 is 5.95. The molecule has 5 rings (SSSR count). The van der Waals surface area contributed by atoms with Crippen LogP contribution in [0.25, 0.3) is 11.5 Å². The largest absolute Gasteiger partial charge is 0.419 e. The summed E-state index contributed by atoms with van der Waals surface area (Å²) in [5.41, 5.74) is 2.17. The van der Waals surface area contributed by atoms with Crippen LogP contribution in [0, 0.1) is 0 Å². The minimum absolute atomic E-state index is 0.246. The predicted octanol–water partition coefficient (Wildman–Crippen LogP) is 5.66. The smallest absolute Gasteiger partial charge is 0.249 e. The number of rotatable bonds is 4. The Bertz CT molecular complexity index is 1060. The van der Waals surface area contributed by atoms with E-state index >= 15 is 0 Å². The van der Waals surface area contributed by atoms with E-state index in [1.165, 1.54) is 15.3 Å². The van der Waals surface area contributed by atoms with E-state index in [0.29, 0.717) is 23.3 Å². The van der Waals surface area contributed by atoms with E-state index in [4.69, 9.17) is 16.0 Å². The summed E-state index contributed by atoms with van der Waals surface area (Å²) in [6.07, 6.45) is 1.06. The Labute approximate surface area is 170 Å². The van der Waals surface area contributed by atoms with Gasteiger partial charge in [0.15, 0.2) is 0 Å². The van der Waals surface area contributed by atoms with E-state index in [-0.39, 0.29) is 6.04 Å². The van der Waals surface area contributed by atoms with Gasteiger partial charge < -0.3 is 4.42 Å². The lowest BCUT2D eigenvalue weighted by atomic mass is 9.98. The maximum absolute atomic E-state index is 6.26. The quantitative estimate of drug-likeness (QED) is 0.433. The molecule has 0 fully saturated rings. The molecule has 4 heterocycles. The molecule has 0 aliphatic carbocycles. The second-order valence-electron chi connectivity index (χ2n) is 6.42. The van der Waals surface area contributed by atoms with Crippen molar-refractivity contribution < 1.29 is 4.42 Å². The van der Waals surface area contributed by atoms with Gasteiger partial charge in [-0.1, -0.05) is 29.8 Å². The van der Waals surface area contributed by atoms with Gasteiger partial charge in [0, 0.05) is 16.3 Å². The minimum Gasteiger partial charge on any atom is -0.419 e.